The highest BCUT2D eigenvalue weighted by Gasteiger charge is 2.34. The standard InChI is InChI=1S/C21H25N5O4/c1-21(2,3)30-20(28)25-10-8-18(26(25)29)19(27)24(17-7-9-23-13-17)14-16-6-4-5-15(11-16)12-22/h4-6,8,10-11,17,23H,7,9,13-14H2,1-3H3/t17-/m0/s1. The fourth-order valence-electron chi connectivity index (χ4n) is 3.33. The second-order valence-corrected chi connectivity index (χ2v) is 8.19. The summed E-state index contributed by atoms with van der Waals surface area (Å²) in [4.78, 5) is 27.4. The topological polar surface area (TPSA) is 114 Å². The number of nitrogens with one attached hydrogen (secondary N) is 1. The molecule has 3 rings (SSSR count). The van der Waals surface area contributed by atoms with E-state index < -0.39 is 17.6 Å². The number of aromatic nitrogens is 2. The van der Waals surface area contributed by atoms with Gasteiger partial charge in [-0.05, 0) is 56.1 Å². The van der Waals surface area contributed by atoms with E-state index in [2.05, 4.69) is 11.4 Å². The fourth-order valence-corrected chi connectivity index (χ4v) is 3.33. The highest BCUT2D eigenvalue weighted by molar-refractivity contribution is 5.91. The number of nitriles is 1. The van der Waals surface area contributed by atoms with Gasteiger partial charge in [0.2, 0.25) is 0 Å². The lowest BCUT2D eigenvalue weighted by Crippen LogP contribution is -2.50. The molecule has 9 nitrogen and oxygen atoms in total. The van der Waals surface area contributed by atoms with Crippen LogP contribution in [-0.4, -0.2) is 46.3 Å². The van der Waals surface area contributed by atoms with Gasteiger partial charge in [-0.25, -0.2) is 4.79 Å². The van der Waals surface area contributed by atoms with Crippen molar-refractivity contribution in [2.24, 2.45) is 0 Å². The Hall–Kier alpha value is -3.38. The zero-order valence-electron chi connectivity index (χ0n) is 17.3. The van der Waals surface area contributed by atoms with E-state index in [1.807, 2.05) is 6.07 Å². The van der Waals surface area contributed by atoms with E-state index in [0.29, 0.717) is 12.1 Å². The first kappa shape index (κ1) is 21.3. The Morgan fingerprint density at radius 3 is 2.80 bits per heavy atom. The predicted molar refractivity (Wildman–Crippen MR) is 107 cm³/mol. The maximum absolute atomic E-state index is 13.3. The molecule has 1 N–H and O–H groups in total. The molecular formula is C21H25N5O4. The summed E-state index contributed by atoms with van der Waals surface area (Å²) in [5, 5.41) is 25.0. The lowest BCUT2D eigenvalue weighted by atomic mass is 10.1. The summed E-state index contributed by atoms with van der Waals surface area (Å²) < 4.78 is 5.95. The zero-order valence-corrected chi connectivity index (χ0v) is 17.3. The maximum Gasteiger partial charge on any atom is 0.469 e. The van der Waals surface area contributed by atoms with Gasteiger partial charge in [-0.15, -0.1) is 0 Å². The van der Waals surface area contributed by atoms with E-state index in [9.17, 15) is 14.8 Å². The minimum absolute atomic E-state index is 0.104. The van der Waals surface area contributed by atoms with Crippen molar-refractivity contribution in [3.05, 3.63) is 58.6 Å². The normalized spacial score (nSPS) is 16.1. The first-order chi connectivity index (χ1) is 14.2. The van der Waals surface area contributed by atoms with Gasteiger partial charge < -0.3 is 20.2 Å². The number of carbonyl (C=O) groups excluding carboxylic acids is 2. The molecule has 0 bridgehead atoms. The van der Waals surface area contributed by atoms with Gasteiger partial charge in [0.1, 0.15) is 5.60 Å². The second kappa shape index (κ2) is 8.55. The minimum Gasteiger partial charge on any atom is -0.595 e. The van der Waals surface area contributed by atoms with E-state index in [1.165, 1.54) is 12.3 Å². The van der Waals surface area contributed by atoms with Crippen molar-refractivity contribution in [2.45, 2.75) is 45.4 Å². The Bertz CT molecular complexity index is 980. The van der Waals surface area contributed by atoms with Crippen LogP contribution in [0.4, 0.5) is 4.79 Å². The number of amides is 1. The molecule has 1 aliphatic heterocycles. The molecule has 0 radical (unpaired) electrons. The van der Waals surface area contributed by atoms with Crippen LogP contribution in [0, 0.1) is 16.5 Å². The van der Waals surface area contributed by atoms with Crippen LogP contribution in [0.25, 0.3) is 0 Å². The van der Waals surface area contributed by atoms with Gasteiger partial charge in [0.25, 0.3) is 0 Å². The Labute approximate surface area is 175 Å². The van der Waals surface area contributed by atoms with E-state index in [4.69, 9.17) is 10.00 Å². The van der Waals surface area contributed by atoms with Crippen molar-refractivity contribution < 1.29 is 19.2 Å². The highest BCUT2D eigenvalue weighted by Crippen LogP contribution is 2.17. The zero-order chi connectivity index (χ0) is 21.9. The maximum atomic E-state index is 13.3. The summed E-state index contributed by atoms with van der Waals surface area (Å²) in [6.07, 6.45) is 1.12. The van der Waals surface area contributed by atoms with Gasteiger partial charge >= 0.3 is 17.7 Å². The van der Waals surface area contributed by atoms with Crippen molar-refractivity contribution in [3.8, 4) is 6.07 Å². The number of benzene rings is 1. The molecule has 0 unspecified atom stereocenters. The van der Waals surface area contributed by atoms with Crippen LogP contribution >= 0.6 is 0 Å². The summed E-state index contributed by atoms with van der Waals surface area (Å²) in [6.45, 7) is 6.70. The molecule has 1 aromatic heterocycles. The third-order valence-electron chi connectivity index (χ3n) is 4.72. The quantitative estimate of drug-likeness (QED) is 0.606. The van der Waals surface area contributed by atoms with Gasteiger partial charge in [0.15, 0.2) is 0 Å². The number of rotatable bonds is 4. The average Bonchev–Trinajstić information content (AvgIpc) is 3.34. The monoisotopic (exact) mass is 411 g/mol. The third kappa shape index (κ3) is 4.78. The molecule has 0 saturated carbocycles. The number of hydrogen-bond donors (Lipinski definition) is 1. The number of nitrogens with zero attached hydrogens (tertiary/aromatic N) is 4. The Balaban J connectivity index is 1.88. The van der Waals surface area contributed by atoms with Crippen molar-refractivity contribution in [3.63, 3.8) is 0 Å². The van der Waals surface area contributed by atoms with Crippen molar-refractivity contribution in [1.29, 1.82) is 5.26 Å². The lowest BCUT2D eigenvalue weighted by Gasteiger charge is -2.27. The van der Waals surface area contributed by atoms with E-state index >= 15 is 0 Å². The van der Waals surface area contributed by atoms with E-state index in [-0.39, 0.29) is 23.1 Å². The summed E-state index contributed by atoms with van der Waals surface area (Å²) in [6, 6.07) is 10.3. The fraction of sp³-hybridized carbons (Fsp3) is 0.429. The third-order valence-corrected chi connectivity index (χ3v) is 4.72. The van der Waals surface area contributed by atoms with Crippen LogP contribution in [-0.2, 0) is 11.3 Å². The molecule has 0 aliphatic carbocycles. The van der Waals surface area contributed by atoms with Gasteiger partial charge in [0, 0.05) is 25.2 Å². The largest absolute Gasteiger partial charge is 0.595 e. The van der Waals surface area contributed by atoms with Gasteiger partial charge in [0.05, 0.1) is 17.8 Å². The van der Waals surface area contributed by atoms with E-state index in [1.54, 1.807) is 43.9 Å². The molecule has 1 saturated heterocycles. The second-order valence-electron chi connectivity index (χ2n) is 8.19. The van der Waals surface area contributed by atoms with Crippen LogP contribution in [0.3, 0.4) is 0 Å². The molecule has 1 atom stereocenters. The van der Waals surface area contributed by atoms with Gasteiger partial charge in [-0.2, -0.15) is 5.26 Å². The molecule has 0 spiro atoms. The van der Waals surface area contributed by atoms with Crippen LogP contribution in [0.5, 0.6) is 0 Å². The van der Waals surface area contributed by atoms with Crippen LogP contribution in [0.15, 0.2) is 36.5 Å². The SMILES string of the molecule is CC(C)(C)OC(=O)n1ccc(C(=O)N(Cc2cccc(C#N)c2)[C@H]2CCNC2)[n+]1[O-]. The predicted octanol–water partition coefficient (Wildman–Crippen LogP) is 1.78. The van der Waals surface area contributed by atoms with Gasteiger partial charge in [-0.1, -0.05) is 17.0 Å². The Kier molecular flexibility index (Phi) is 6.08. The molecule has 158 valence electrons. The first-order valence-corrected chi connectivity index (χ1v) is 9.75. The summed E-state index contributed by atoms with van der Waals surface area (Å²) in [7, 11) is 0. The molecule has 1 aliphatic rings. The van der Waals surface area contributed by atoms with Crippen molar-refractivity contribution in [1.82, 2.24) is 14.9 Å². The Morgan fingerprint density at radius 2 is 2.17 bits per heavy atom. The molecule has 9 heteroatoms. The van der Waals surface area contributed by atoms with Crippen LogP contribution < -0.4 is 10.2 Å². The first-order valence-electron chi connectivity index (χ1n) is 9.75. The summed E-state index contributed by atoms with van der Waals surface area (Å²) >= 11 is 0. The number of ether oxygens (including phenoxy) is 1. The molecular weight excluding hydrogens is 386 g/mol. The Morgan fingerprint density at radius 1 is 1.40 bits per heavy atom. The van der Waals surface area contributed by atoms with E-state index in [0.717, 1.165) is 23.2 Å². The summed E-state index contributed by atoms with van der Waals surface area (Å²) in [5.41, 5.74) is 0.355. The molecule has 30 heavy (non-hydrogen) atoms. The highest BCUT2D eigenvalue weighted by atomic mass is 16.6. The molecule has 1 fully saturated rings. The van der Waals surface area contributed by atoms with Crippen LogP contribution in [0.1, 0.15) is 48.8 Å². The summed E-state index contributed by atoms with van der Waals surface area (Å²) in [5.74, 6) is -0.483. The lowest BCUT2D eigenvalue weighted by molar-refractivity contribution is -0.684. The minimum atomic E-state index is -0.854. The van der Waals surface area contributed by atoms with Crippen molar-refractivity contribution >= 4 is 12.0 Å². The van der Waals surface area contributed by atoms with Gasteiger partial charge in [-0.3, -0.25) is 4.79 Å². The number of hydrogen-bond acceptors (Lipinski definition) is 6. The average molecular weight is 411 g/mol. The molecule has 1 aromatic carbocycles. The smallest absolute Gasteiger partial charge is 0.469 e. The molecule has 1 amide bonds. The molecule has 2 aromatic rings. The number of carbonyl (C=O) groups is 2. The van der Waals surface area contributed by atoms with Crippen LogP contribution in [0.2, 0.25) is 0 Å². The van der Waals surface area contributed by atoms with Crippen molar-refractivity contribution in [2.75, 3.05) is 13.1 Å². The molecule has 2 heterocycles.